The predicted molar refractivity (Wildman–Crippen MR) is 102 cm³/mol. The second-order valence-corrected chi connectivity index (χ2v) is 9.39. The summed E-state index contributed by atoms with van der Waals surface area (Å²) in [6.45, 7) is 3.30. The number of hydrogen-bond acceptors (Lipinski definition) is 7. The molecule has 0 atom stereocenters. The largest absolute Gasteiger partial charge is 0.495 e. The summed E-state index contributed by atoms with van der Waals surface area (Å²) in [5, 5.41) is 10.7. The van der Waals surface area contributed by atoms with Crippen LogP contribution in [0.5, 0.6) is 5.75 Å². The summed E-state index contributed by atoms with van der Waals surface area (Å²) >= 11 is 0. The Hall–Kier alpha value is -2.70. The molecule has 0 saturated heterocycles. The lowest BCUT2D eigenvalue weighted by Crippen LogP contribution is -2.30. The summed E-state index contributed by atoms with van der Waals surface area (Å²) in [4.78, 5) is 9.68. The molecule has 12 heteroatoms. The normalized spacial score (nSPS) is 12.0. The van der Waals surface area contributed by atoms with Crippen LogP contribution in [0.25, 0.3) is 0 Å². The van der Waals surface area contributed by atoms with Gasteiger partial charge in [0.25, 0.3) is 15.7 Å². The molecule has 2 rings (SSSR count). The molecular formula is C16H19N3O7S2. The summed E-state index contributed by atoms with van der Waals surface area (Å²) in [7, 11) is -6.69. The highest BCUT2D eigenvalue weighted by Gasteiger charge is 2.21. The van der Waals surface area contributed by atoms with Crippen LogP contribution in [0.3, 0.4) is 0 Å². The van der Waals surface area contributed by atoms with Crippen molar-refractivity contribution in [2.24, 2.45) is 0 Å². The highest BCUT2D eigenvalue weighted by molar-refractivity contribution is 7.92. The Morgan fingerprint density at radius 1 is 0.964 bits per heavy atom. The predicted octanol–water partition coefficient (Wildman–Crippen LogP) is 2.09. The first-order valence-corrected chi connectivity index (χ1v) is 10.9. The van der Waals surface area contributed by atoms with Crippen molar-refractivity contribution in [3.8, 4) is 5.75 Å². The maximum Gasteiger partial charge on any atom is 0.269 e. The lowest BCUT2D eigenvalue weighted by Gasteiger charge is -2.15. The van der Waals surface area contributed by atoms with E-state index in [-0.39, 0.29) is 33.0 Å². The lowest BCUT2D eigenvalue weighted by molar-refractivity contribution is -0.384. The van der Waals surface area contributed by atoms with Crippen LogP contribution in [0.2, 0.25) is 0 Å². The van der Waals surface area contributed by atoms with Crippen molar-refractivity contribution in [2.75, 3.05) is 11.8 Å². The van der Waals surface area contributed by atoms with E-state index in [1.54, 1.807) is 13.8 Å². The number of non-ortho nitro benzene ring substituents is 1. The van der Waals surface area contributed by atoms with Crippen LogP contribution >= 0.6 is 0 Å². The smallest absolute Gasteiger partial charge is 0.269 e. The van der Waals surface area contributed by atoms with E-state index in [4.69, 9.17) is 4.74 Å². The van der Waals surface area contributed by atoms with Gasteiger partial charge in [0.05, 0.1) is 27.5 Å². The first-order chi connectivity index (χ1) is 13.0. The molecule has 28 heavy (non-hydrogen) atoms. The number of benzene rings is 2. The average Bonchev–Trinajstić information content (AvgIpc) is 2.60. The van der Waals surface area contributed by atoms with Crippen molar-refractivity contribution >= 4 is 31.4 Å². The van der Waals surface area contributed by atoms with Crippen molar-refractivity contribution < 1.29 is 26.5 Å². The number of nitrogens with one attached hydrogen (secondary N) is 2. The molecule has 0 bridgehead atoms. The third-order valence-corrected chi connectivity index (χ3v) is 6.51. The number of nitrogens with zero attached hydrogens (tertiary/aromatic N) is 1. The van der Waals surface area contributed by atoms with Gasteiger partial charge in [-0.05, 0) is 44.2 Å². The maximum absolute atomic E-state index is 12.6. The molecule has 0 spiro atoms. The molecule has 0 amide bonds. The van der Waals surface area contributed by atoms with Crippen molar-refractivity contribution in [1.82, 2.24) is 4.72 Å². The summed E-state index contributed by atoms with van der Waals surface area (Å²) < 4.78 is 59.6. The van der Waals surface area contributed by atoms with Crippen LogP contribution in [0.4, 0.5) is 11.4 Å². The second kappa shape index (κ2) is 8.12. The minimum absolute atomic E-state index is 0.0903. The molecule has 2 aromatic rings. The molecule has 0 heterocycles. The topological polar surface area (TPSA) is 145 Å². The second-order valence-electron chi connectivity index (χ2n) is 5.99. The van der Waals surface area contributed by atoms with Gasteiger partial charge in [-0.25, -0.2) is 21.6 Å². The minimum Gasteiger partial charge on any atom is -0.495 e. The van der Waals surface area contributed by atoms with Crippen LogP contribution in [-0.4, -0.2) is 34.9 Å². The van der Waals surface area contributed by atoms with Crippen molar-refractivity contribution in [3.05, 3.63) is 52.6 Å². The molecule has 0 aliphatic rings. The van der Waals surface area contributed by atoms with E-state index in [0.717, 1.165) is 30.3 Å². The summed E-state index contributed by atoms with van der Waals surface area (Å²) in [6, 6.07) is 7.65. The zero-order valence-corrected chi connectivity index (χ0v) is 16.9. The summed E-state index contributed by atoms with van der Waals surface area (Å²) in [6.07, 6.45) is 0. The molecule has 2 aromatic carbocycles. The number of ether oxygens (including phenoxy) is 1. The van der Waals surface area contributed by atoms with Crippen molar-refractivity contribution in [3.63, 3.8) is 0 Å². The van der Waals surface area contributed by atoms with Gasteiger partial charge in [0.2, 0.25) is 10.0 Å². The van der Waals surface area contributed by atoms with Crippen LogP contribution in [0.1, 0.15) is 13.8 Å². The number of methoxy groups -OCH3 is 1. The van der Waals surface area contributed by atoms with Gasteiger partial charge in [-0.1, -0.05) is 0 Å². The van der Waals surface area contributed by atoms with Crippen LogP contribution in [0.15, 0.2) is 52.3 Å². The zero-order chi connectivity index (χ0) is 21.1. The van der Waals surface area contributed by atoms with Gasteiger partial charge in [0.1, 0.15) is 5.75 Å². The van der Waals surface area contributed by atoms with E-state index >= 15 is 0 Å². The van der Waals surface area contributed by atoms with Crippen molar-refractivity contribution in [1.29, 1.82) is 0 Å². The number of nitro groups is 1. The minimum atomic E-state index is -4.14. The third kappa shape index (κ3) is 4.97. The molecule has 0 saturated carbocycles. The molecule has 0 unspecified atom stereocenters. The van der Waals surface area contributed by atoms with E-state index in [1.165, 1.54) is 19.2 Å². The van der Waals surface area contributed by atoms with Gasteiger partial charge in [0, 0.05) is 18.2 Å². The van der Waals surface area contributed by atoms with Gasteiger partial charge >= 0.3 is 0 Å². The SMILES string of the molecule is COc1ccc(S(=O)(=O)NC(C)C)cc1NS(=O)(=O)c1ccc([N+](=O)[O-])cc1. The van der Waals surface area contributed by atoms with Gasteiger partial charge in [-0.2, -0.15) is 0 Å². The van der Waals surface area contributed by atoms with Crippen molar-refractivity contribution in [2.45, 2.75) is 29.7 Å². The number of rotatable bonds is 8. The van der Waals surface area contributed by atoms with Gasteiger partial charge in [-0.15, -0.1) is 0 Å². The van der Waals surface area contributed by atoms with E-state index in [1.807, 2.05) is 0 Å². The highest BCUT2D eigenvalue weighted by Crippen LogP contribution is 2.30. The van der Waals surface area contributed by atoms with Gasteiger partial charge in [-0.3, -0.25) is 14.8 Å². The van der Waals surface area contributed by atoms with E-state index in [0.29, 0.717) is 0 Å². The molecule has 0 aliphatic carbocycles. The molecule has 152 valence electrons. The summed E-state index contributed by atoms with van der Waals surface area (Å²) in [5.41, 5.74) is -0.350. The summed E-state index contributed by atoms with van der Waals surface area (Å²) in [5.74, 6) is 0.106. The molecule has 0 radical (unpaired) electrons. The Bertz CT molecular complexity index is 1080. The molecule has 0 aromatic heterocycles. The standard InChI is InChI=1S/C16H19N3O7S2/c1-11(2)17-28(24,25)14-8-9-16(26-3)15(10-14)18-27(22,23)13-6-4-12(5-7-13)19(20)21/h4-11,17-18H,1-3H3. The maximum atomic E-state index is 12.6. The Morgan fingerprint density at radius 2 is 1.54 bits per heavy atom. The van der Waals surface area contributed by atoms with E-state index in [2.05, 4.69) is 9.44 Å². The van der Waals surface area contributed by atoms with E-state index < -0.39 is 25.0 Å². The first kappa shape index (κ1) is 21.6. The fourth-order valence-corrected chi connectivity index (χ4v) is 4.60. The third-order valence-electron chi connectivity index (χ3n) is 3.47. The van der Waals surface area contributed by atoms with Gasteiger partial charge < -0.3 is 4.74 Å². The molecule has 2 N–H and O–H groups in total. The number of nitro benzene ring substituents is 1. The van der Waals surface area contributed by atoms with Gasteiger partial charge in [0.15, 0.2) is 0 Å². The monoisotopic (exact) mass is 429 g/mol. The van der Waals surface area contributed by atoms with Crippen LogP contribution < -0.4 is 14.2 Å². The zero-order valence-electron chi connectivity index (χ0n) is 15.2. The quantitative estimate of drug-likeness (QED) is 0.483. The van der Waals surface area contributed by atoms with E-state index in [9.17, 15) is 26.9 Å². The first-order valence-electron chi connectivity index (χ1n) is 7.94. The van der Waals surface area contributed by atoms with Crippen LogP contribution in [0, 0.1) is 10.1 Å². The Kier molecular flexibility index (Phi) is 6.27. The fraction of sp³-hybridized carbons (Fsp3) is 0.250. The lowest BCUT2D eigenvalue weighted by atomic mass is 10.3. The Labute approximate surface area is 162 Å². The highest BCUT2D eigenvalue weighted by atomic mass is 32.2. The Balaban J connectivity index is 2.43. The molecule has 10 nitrogen and oxygen atoms in total. The fourth-order valence-electron chi connectivity index (χ4n) is 2.26. The molecule has 0 fully saturated rings. The molecular weight excluding hydrogens is 410 g/mol. The Morgan fingerprint density at radius 3 is 2.04 bits per heavy atom. The number of sulfonamides is 2. The van der Waals surface area contributed by atoms with Crippen LogP contribution in [-0.2, 0) is 20.0 Å². The number of anilines is 1. The molecule has 0 aliphatic heterocycles. The number of hydrogen-bond donors (Lipinski definition) is 2. The average molecular weight is 429 g/mol.